The Morgan fingerprint density at radius 3 is 2.61 bits per heavy atom. The quantitative estimate of drug-likeness (QED) is 0.744. The predicted octanol–water partition coefficient (Wildman–Crippen LogP) is 2.92. The van der Waals surface area contributed by atoms with Crippen molar-refractivity contribution in [2.24, 2.45) is 4.40 Å². The minimum atomic E-state index is -3.92. The summed E-state index contributed by atoms with van der Waals surface area (Å²) in [5.41, 5.74) is 0.406. The molecule has 2 amide bonds. The molecule has 1 aliphatic rings. The minimum Gasteiger partial charge on any atom is -0.326 e. The molecule has 2 aromatic rings. The van der Waals surface area contributed by atoms with Gasteiger partial charge in [-0.1, -0.05) is 17.8 Å². The van der Waals surface area contributed by atoms with Crippen LogP contribution in [0.15, 0.2) is 50.4 Å². The summed E-state index contributed by atoms with van der Waals surface area (Å²) >= 11 is 1.99. The largest absolute Gasteiger partial charge is 0.326 e. The number of halogens is 1. The Morgan fingerprint density at radius 2 is 2.00 bits per heavy atom. The molecule has 1 saturated heterocycles. The summed E-state index contributed by atoms with van der Waals surface area (Å²) in [5.74, 6) is -1.23. The van der Waals surface area contributed by atoms with Crippen LogP contribution in [0.3, 0.4) is 0 Å². The van der Waals surface area contributed by atoms with Crippen LogP contribution >= 0.6 is 23.1 Å². The van der Waals surface area contributed by atoms with Crippen molar-refractivity contribution in [1.29, 1.82) is 0 Å². The Hall–Kier alpha value is -2.24. The van der Waals surface area contributed by atoms with E-state index in [0.29, 0.717) is 5.69 Å². The van der Waals surface area contributed by atoms with E-state index < -0.39 is 27.0 Å². The van der Waals surface area contributed by atoms with Crippen molar-refractivity contribution in [3.63, 3.8) is 0 Å². The molecular weight excluding hydrogens is 425 g/mol. The van der Waals surface area contributed by atoms with E-state index in [1.54, 1.807) is 18.4 Å². The number of amidine groups is 1. The van der Waals surface area contributed by atoms with Crippen molar-refractivity contribution < 1.29 is 22.4 Å². The molecule has 3 rings (SSSR count). The number of thioether (sulfide) groups is 1. The molecule has 1 aromatic heterocycles. The summed E-state index contributed by atoms with van der Waals surface area (Å²) in [7, 11) is -3.92. The van der Waals surface area contributed by atoms with Gasteiger partial charge in [0.2, 0.25) is 11.8 Å². The van der Waals surface area contributed by atoms with Gasteiger partial charge in [0, 0.05) is 18.7 Å². The molecule has 28 heavy (non-hydrogen) atoms. The van der Waals surface area contributed by atoms with Gasteiger partial charge in [0.25, 0.3) is 10.0 Å². The molecule has 0 radical (unpaired) electrons. The number of benzene rings is 1. The van der Waals surface area contributed by atoms with E-state index >= 15 is 0 Å². The number of sulfonamides is 1. The van der Waals surface area contributed by atoms with Crippen molar-refractivity contribution in [2.75, 3.05) is 11.9 Å². The van der Waals surface area contributed by atoms with Crippen molar-refractivity contribution >= 4 is 55.8 Å². The first-order valence-electron chi connectivity index (χ1n) is 8.22. The van der Waals surface area contributed by atoms with E-state index in [2.05, 4.69) is 9.71 Å². The first-order chi connectivity index (χ1) is 13.3. The summed E-state index contributed by atoms with van der Waals surface area (Å²) in [5, 5.41) is 3.49. The summed E-state index contributed by atoms with van der Waals surface area (Å²) in [4.78, 5) is 26.0. The van der Waals surface area contributed by atoms with Crippen LogP contribution in [0.2, 0.25) is 0 Å². The van der Waals surface area contributed by atoms with E-state index in [-0.39, 0.29) is 28.2 Å². The average Bonchev–Trinajstić information content (AvgIpc) is 3.27. The van der Waals surface area contributed by atoms with Gasteiger partial charge in [-0.25, -0.2) is 4.39 Å². The second-order valence-corrected chi connectivity index (χ2v) is 9.68. The lowest BCUT2D eigenvalue weighted by atomic mass is 10.2. The zero-order valence-electron chi connectivity index (χ0n) is 14.7. The van der Waals surface area contributed by atoms with Gasteiger partial charge < -0.3 is 5.32 Å². The maximum absolute atomic E-state index is 12.9. The number of hydrogen-bond donors (Lipinski definition) is 1. The number of nitrogens with zero attached hydrogens (tertiary/aromatic N) is 2. The molecule has 1 fully saturated rings. The number of carbonyl (C=O) groups excluding carboxylic acids is 2. The van der Waals surface area contributed by atoms with Crippen LogP contribution in [0.1, 0.15) is 13.3 Å². The highest BCUT2D eigenvalue weighted by atomic mass is 32.2. The van der Waals surface area contributed by atoms with Crippen LogP contribution in [0.25, 0.3) is 0 Å². The molecule has 1 atom stereocenters. The fourth-order valence-electron chi connectivity index (χ4n) is 2.47. The monoisotopic (exact) mass is 441 g/mol. The smallest absolute Gasteiger partial charge is 0.294 e. The van der Waals surface area contributed by atoms with Gasteiger partial charge in [0.15, 0.2) is 5.17 Å². The Labute approximate surface area is 169 Å². The van der Waals surface area contributed by atoms with Gasteiger partial charge in [0.1, 0.15) is 15.3 Å². The third-order valence-electron chi connectivity index (χ3n) is 3.78. The SMILES string of the molecule is CCN1C(=O)[C@@H](CC(=O)Nc2ccc(F)cc2)SC1=NS(=O)(=O)c1cccs1. The fourth-order valence-corrected chi connectivity index (χ4v) is 5.86. The molecule has 1 aliphatic heterocycles. The highest BCUT2D eigenvalue weighted by Gasteiger charge is 2.39. The zero-order chi connectivity index (χ0) is 20.3. The maximum atomic E-state index is 12.9. The van der Waals surface area contributed by atoms with Gasteiger partial charge in [-0.2, -0.15) is 8.42 Å². The topological polar surface area (TPSA) is 95.9 Å². The fraction of sp³-hybridized carbons (Fsp3) is 0.235. The van der Waals surface area contributed by atoms with Crippen molar-refractivity contribution in [3.8, 4) is 0 Å². The third kappa shape index (κ3) is 4.59. The Kier molecular flexibility index (Phi) is 6.16. The third-order valence-corrected chi connectivity index (χ3v) is 7.71. The lowest BCUT2D eigenvalue weighted by Gasteiger charge is -2.13. The molecule has 1 aromatic carbocycles. The lowest BCUT2D eigenvalue weighted by molar-refractivity contribution is -0.128. The predicted molar refractivity (Wildman–Crippen MR) is 107 cm³/mol. The molecule has 0 aliphatic carbocycles. The number of nitrogens with one attached hydrogen (secondary N) is 1. The van der Waals surface area contributed by atoms with Crippen molar-refractivity contribution in [2.45, 2.75) is 22.8 Å². The van der Waals surface area contributed by atoms with Gasteiger partial charge >= 0.3 is 0 Å². The lowest BCUT2D eigenvalue weighted by Crippen LogP contribution is -2.33. The first-order valence-corrected chi connectivity index (χ1v) is 11.4. The molecule has 11 heteroatoms. The maximum Gasteiger partial charge on any atom is 0.294 e. The van der Waals surface area contributed by atoms with E-state index in [4.69, 9.17) is 0 Å². The zero-order valence-corrected chi connectivity index (χ0v) is 17.1. The van der Waals surface area contributed by atoms with Crippen LogP contribution < -0.4 is 5.32 Å². The molecular formula is C17H16FN3O4S3. The molecule has 0 spiro atoms. The number of carbonyl (C=O) groups is 2. The number of amides is 2. The first kappa shape index (κ1) is 20.5. The number of rotatable bonds is 6. The molecule has 1 N–H and O–H groups in total. The standard InChI is InChI=1S/C17H16FN3O4S3/c1-2-21-16(23)13(10-14(22)19-12-7-5-11(18)6-8-12)27-17(21)20-28(24,25)15-4-3-9-26-15/h3-9,13H,2,10H2,1H3,(H,19,22)/t13-/m1/s1. The molecule has 0 unspecified atom stereocenters. The van der Waals surface area contributed by atoms with Gasteiger partial charge in [-0.05, 0) is 42.6 Å². The highest BCUT2D eigenvalue weighted by Crippen LogP contribution is 2.31. The molecule has 0 bridgehead atoms. The van der Waals surface area contributed by atoms with E-state index in [9.17, 15) is 22.4 Å². The van der Waals surface area contributed by atoms with Gasteiger partial charge in [-0.3, -0.25) is 14.5 Å². The summed E-state index contributed by atoms with van der Waals surface area (Å²) in [6.45, 7) is 1.94. The van der Waals surface area contributed by atoms with Gasteiger partial charge in [-0.15, -0.1) is 15.7 Å². The normalized spacial score (nSPS) is 18.6. The Balaban J connectivity index is 1.73. The van der Waals surface area contributed by atoms with Crippen LogP contribution in [-0.4, -0.2) is 42.1 Å². The van der Waals surface area contributed by atoms with Crippen LogP contribution in [0.5, 0.6) is 0 Å². The van der Waals surface area contributed by atoms with E-state index in [0.717, 1.165) is 23.1 Å². The molecule has 148 valence electrons. The number of thiophene rings is 1. The Bertz CT molecular complexity index is 1000. The van der Waals surface area contributed by atoms with E-state index in [1.165, 1.54) is 35.2 Å². The average molecular weight is 442 g/mol. The molecule has 7 nitrogen and oxygen atoms in total. The number of hydrogen-bond acceptors (Lipinski definition) is 6. The summed E-state index contributed by atoms with van der Waals surface area (Å²) in [6.07, 6.45) is -0.157. The summed E-state index contributed by atoms with van der Waals surface area (Å²) in [6, 6.07) is 8.29. The minimum absolute atomic E-state index is 0.0560. The van der Waals surface area contributed by atoms with Crippen molar-refractivity contribution in [3.05, 3.63) is 47.6 Å². The second-order valence-electron chi connectivity index (χ2n) is 5.73. The van der Waals surface area contributed by atoms with E-state index in [1.807, 2.05) is 0 Å². The molecule has 0 saturated carbocycles. The van der Waals surface area contributed by atoms with Crippen LogP contribution in [0, 0.1) is 5.82 Å². The number of anilines is 1. The summed E-state index contributed by atoms with van der Waals surface area (Å²) < 4.78 is 41.6. The van der Waals surface area contributed by atoms with Crippen LogP contribution in [0.4, 0.5) is 10.1 Å². The van der Waals surface area contributed by atoms with Crippen molar-refractivity contribution in [1.82, 2.24) is 4.90 Å². The van der Waals surface area contributed by atoms with Gasteiger partial charge in [0.05, 0.1) is 0 Å². The highest BCUT2D eigenvalue weighted by molar-refractivity contribution is 8.16. The van der Waals surface area contributed by atoms with Crippen LogP contribution in [-0.2, 0) is 19.6 Å². The Morgan fingerprint density at radius 1 is 1.29 bits per heavy atom. The molecule has 2 heterocycles. The second kappa shape index (κ2) is 8.41.